The fourth-order valence-corrected chi connectivity index (χ4v) is 2.77. The predicted octanol–water partition coefficient (Wildman–Crippen LogP) is 8.68. The van der Waals surface area contributed by atoms with Crippen LogP contribution in [0.2, 0.25) is 0 Å². The van der Waals surface area contributed by atoms with Gasteiger partial charge in [-0.25, -0.2) is 0 Å². The molecule has 0 saturated carbocycles. The number of rotatable bonds is 18. The molecular weight excluding hydrogens is 444 g/mol. The third kappa shape index (κ3) is 15.7. The number of aliphatic imine (C=N–C) groups is 2. The van der Waals surface area contributed by atoms with E-state index in [0.717, 1.165) is 55.7 Å². The zero-order valence-electron chi connectivity index (χ0n) is 23.6. The van der Waals surface area contributed by atoms with Crippen LogP contribution in [0.3, 0.4) is 0 Å². The van der Waals surface area contributed by atoms with E-state index in [1.165, 1.54) is 0 Å². The molecule has 0 aromatic heterocycles. The Kier molecular flexibility index (Phi) is 16.6. The van der Waals surface area contributed by atoms with Crippen LogP contribution in [0.25, 0.3) is 0 Å². The smallest absolute Gasteiger partial charge is 0.128 e. The molecule has 0 spiro atoms. The first-order chi connectivity index (χ1) is 17.0. The van der Waals surface area contributed by atoms with Crippen LogP contribution >= 0.6 is 0 Å². The van der Waals surface area contributed by atoms with Gasteiger partial charge in [-0.1, -0.05) is 57.5 Å². The highest BCUT2D eigenvalue weighted by atomic mass is 16.5. The van der Waals surface area contributed by atoms with E-state index in [4.69, 9.17) is 9.47 Å². The molecule has 0 aliphatic carbocycles. The normalized spacial score (nSPS) is 14.3. The van der Waals surface area contributed by atoms with Gasteiger partial charge in [0.15, 0.2) is 0 Å². The van der Waals surface area contributed by atoms with Gasteiger partial charge in [-0.3, -0.25) is 9.98 Å². The Morgan fingerprint density at radius 2 is 1.14 bits per heavy atom. The van der Waals surface area contributed by atoms with Crippen LogP contribution in [0.15, 0.2) is 108 Å². The monoisotopic (exact) mass is 492 g/mol. The average molecular weight is 493 g/mol. The van der Waals surface area contributed by atoms with Crippen LogP contribution in [0.5, 0.6) is 0 Å². The van der Waals surface area contributed by atoms with Crippen LogP contribution in [0, 0.1) is 0 Å². The molecule has 0 bridgehead atoms. The number of allylic oxidation sites excluding steroid dienone is 10. The first-order valence-corrected chi connectivity index (χ1v) is 12.7. The highest BCUT2D eigenvalue weighted by Gasteiger charge is 2.18. The summed E-state index contributed by atoms with van der Waals surface area (Å²) >= 11 is 0. The second-order valence-corrected chi connectivity index (χ2v) is 9.80. The summed E-state index contributed by atoms with van der Waals surface area (Å²) in [6, 6.07) is 0. The van der Waals surface area contributed by atoms with E-state index in [9.17, 15) is 0 Å². The van der Waals surface area contributed by atoms with E-state index >= 15 is 0 Å². The van der Waals surface area contributed by atoms with Crippen molar-refractivity contribution >= 4 is 12.4 Å². The SMILES string of the molecule is C=C\C=C/C(/C=N/CCCCC/N=C/C(/C=C\C=C)=C(/C=C)OC(C)(C)CC)=C(\C=C)OC(C)(C)C. The Hall–Kier alpha value is -3.14. The number of nitrogens with zero attached hydrogens (tertiary/aromatic N) is 2. The molecule has 0 amide bonds. The Labute approximate surface area is 221 Å². The summed E-state index contributed by atoms with van der Waals surface area (Å²) in [6.07, 6.45) is 22.2. The van der Waals surface area contributed by atoms with Crippen molar-refractivity contribution in [3.63, 3.8) is 0 Å². The Balaban J connectivity index is 4.99. The maximum absolute atomic E-state index is 6.15. The van der Waals surface area contributed by atoms with E-state index in [2.05, 4.69) is 57.1 Å². The van der Waals surface area contributed by atoms with Gasteiger partial charge < -0.3 is 9.47 Å². The lowest BCUT2D eigenvalue weighted by atomic mass is 10.1. The predicted molar refractivity (Wildman–Crippen MR) is 160 cm³/mol. The van der Waals surface area contributed by atoms with Crippen molar-refractivity contribution in [3.05, 3.63) is 97.6 Å². The average Bonchev–Trinajstić information content (AvgIpc) is 2.83. The standard InChI is InChI=1S/C32H48N2O2/c1-11-16-21-27(29(13-3)35-31(6,7)8)25-33-23-19-18-20-24-34-26-28(22-17-12-2)30(14-4)36-32(9,10)15-5/h11-14,16-17,21-22,25-26H,1-4,15,18-20,23-24H2,5-10H3/b21-16-,22-17-,29-27-,30-28-,33-25+,34-26+. The summed E-state index contributed by atoms with van der Waals surface area (Å²) in [7, 11) is 0. The largest absolute Gasteiger partial charge is 0.487 e. The molecule has 0 rings (SSSR count). The molecule has 0 aromatic carbocycles. The Bertz CT molecular complexity index is 888. The van der Waals surface area contributed by atoms with E-state index in [0.29, 0.717) is 5.76 Å². The molecule has 0 unspecified atom stereocenters. The van der Waals surface area contributed by atoms with Crippen LogP contribution in [0.1, 0.15) is 67.2 Å². The fraction of sp³-hybridized carbons (Fsp3) is 0.438. The van der Waals surface area contributed by atoms with Crippen molar-refractivity contribution in [3.8, 4) is 0 Å². The molecule has 0 heterocycles. The lowest BCUT2D eigenvalue weighted by Gasteiger charge is -2.26. The topological polar surface area (TPSA) is 43.2 Å². The van der Waals surface area contributed by atoms with E-state index in [-0.39, 0.29) is 11.2 Å². The number of ether oxygens (including phenoxy) is 2. The molecular formula is C32H48N2O2. The Morgan fingerprint density at radius 1 is 0.694 bits per heavy atom. The van der Waals surface area contributed by atoms with Gasteiger partial charge in [-0.05, 0) is 84.6 Å². The van der Waals surface area contributed by atoms with Gasteiger partial charge in [0.2, 0.25) is 0 Å². The summed E-state index contributed by atoms with van der Waals surface area (Å²) in [5, 5.41) is 0. The van der Waals surface area contributed by atoms with Crippen molar-refractivity contribution in [2.45, 2.75) is 78.4 Å². The molecule has 0 fully saturated rings. The van der Waals surface area contributed by atoms with Crippen molar-refractivity contribution < 1.29 is 9.47 Å². The summed E-state index contributed by atoms with van der Waals surface area (Å²) in [5.74, 6) is 1.43. The third-order valence-corrected chi connectivity index (χ3v) is 4.95. The first-order valence-electron chi connectivity index (χ1n) is 12.7. The molecule has 4 nitrogen and oxygen atoms in total. The minimum absolute atomic E-state index is 0.271. The second-order valence-electron chi connectivity index (χ2n) is 9.80. The Morgan fingerprint density at radius 3 is 1.50 bits per heavy atom. The van der Waals surface area contributed by atoms with Crippen molar-refractivity contribution in [1.82, 2.24) is 0 Å². The van der Waals surface area contributed by atoms with Gasteiger partial charge in [0, 0.05) is 36.7 Å². The zero-order valence-corrected chi connectivity index (χ0v) is 23.6. The van der Waals surface area contributed by atoms with Crippen LogP contribution in [-0.2, 0) is 9.47 Å². The summed E-state index contributed by atoms with van der Waals surface area (Å²) in [5.41, 5.74) is 1.18. The maximum atomic E-state index is 6.15. The number of unbranched alkanes of at least 4 members (excludes halogenated alkanes) is 2. The van der Waals surface area contributed by atoms with Gasteiger partial charge in [0.25, 0.3) is 0 Å². The zero-order chi connectivity index (χ0) is 27.5. The van der Waals surface area contributed by atoms with Gasteiger partial charge in [0.1, 0.15) is 22.7 Å². The van der Waals surface area contributed by atoms with E-state index in [1.54, 1.807) is 24.3 Å². The first kappa shape index (κ1) is 32.9. The van der Waals surface area contributed by atoms with E-state index < -0.39 is 0 Å². The fourth-order valence-electron chi connectivity index (χ4n) is 2.77. The molecule has 198 valence electrons. The number of hydrogen-bond acceptors (Lipinski definition) is 4. The third-order valence-electron chi connectivity index (χ3n) is 4.95. The van der Waals surface area contributed by atoms with Crippen molar-refractivity contribution in [2.24, 2.45) is 9.98 Å². The van der Waals surface area contributed by atoms with Crippen LogP contribution in [0.4, 0.5) is 0 Å². The summed E-state index contributed by atoms with van der Waals surface area (Å²) < 4.78 is 12.2. The summed E-state index contributed by atoms with van der Waals surface area (Å²) in [6.45, 7) is 29.0. The molecule has 0 aliphatic rings. The molecule has 0 aliphatic heterocycles. The van der Waals surface area contributed by atoms with E-state index in [1.807, 2.05) is 57.5 Å². The highest BCUT2D eigenvalue weighted by molar-refractivity contribution is 5.84. The van der Waals surface area contributed by atoms with Gasteiger partial charge in [-0.2, -0.15) is 0 Å². The minimum Gasteiger partial charge on any atom is -0.487 e. The molecule has 0 radical (unpaired) electrons. The molecule has 0 atom stereocenters. The minimum atomic E-state index is -0.313. The summed E-state index contributed by atoms with van der Waals surface area (Å²) in [4.78, 5) is 9.20. The van der Waals surface area contributed by atoms with Crippen molar-refractivity contribution in [1.29, 1.82) is 0 Å². The molecule has 0 N–H and O–H groups in total. The molecule has 36 heavy (non-hydrogen) atoms. The van der Waals surface area contributed by atoms with Crippen molar-refractivity contribution in [2.75, 3.05) is 13.1 Å². The van der Waals surface area contributed by atoms with Gasteiger partial charge >= 0.3 is 0 Å². The molecule has 0 saturated heterocycles. The van der Waals surface area contributed by atoms with Gasteiger partial charge in [-0.15, -0.1) is 0 Å². The van der Waals surface area contributed by atoms with Crippen LogP contribution < -0.4 is 0 Å². The lowest BCUT2D eigenvalue weighted by molar-refractivity contribution is 0.0382. The van der Waals surface area contributed by atoms with Crippen LogP contribution in [-0.4, -0.2) is 36.7 Å². The number of hydrogen-bond donors (Lipinski definition) is 0. The second kappa shape index (κ2) is 18.2. The molecule has 0 aromatic rings. The lowest BCUT2D eigenvalue weighted by Crippen LogP contribution is -2.22. The maximum Gasteiger partial charge on any atom is 0.128 e. The van der Waals surface area contributed by atoms with Gasteiger partial charge in [0.05, 0.1) is 0 Å². The highest BCUT2D eigenvalue weighted by Crippen LogP contribution is 2.21. The molecule has 4 heteroatoms. The quantitative estimate of drug-likeness (QED) is 0.0831.